The third-order valence-corrected chi connectivity index (χ3v) is 3.71. The predicted octanol–water partition coefficient (Wildman–Crippen LogP) is 3.99. The number of rotatable bonds is 6. The van der Waals surface area contributed by atoms with E-state index in [9.17, 15) is 4.79 Å². The molecule has 0 bridgehead atoms. The fraction of sp³-hybridized carbons (Fsp3) is 0.375. The van der Waals surface area contributed by atoms with Crippen molar-refractivity contribution in [2.24, 2.45) is 0 Å². The molecule has 0 aliphatic rings. The molecule has 0 unspecified atom stereocenters. The van der Waals surface area contributed by atoms with E-state index in [1.807, 2.05) is 24.0 Å². The second-order valence-corrected chi connectivity index (χ2v) is 5.34. The summed E-state index contributed by atoms with van der Waals surface area (Å²) < 4.78 is 0. The van der Waals surface area contributed by atoms with Crippen molar-refractivity contribution in [2.45, 2.75) is 26.7 Å². The van der Waals surface area contributed by atoms with Gasteiger partial charge in [-0.1, -0.05) is 37.1 Å². The standard InChI is InChI=1S/C16H20ClN3O/c1-3-5-10-20(4-2)16(21)14-11-18-19-15(14)12-6-8-13(17)9-7-12/h6-9,11H,3-5,10H2,1-2H3,(H,18,19). The van der Waals surface area contributed by atoms with Gasteiger partial charge in [-0.05, 0) is 25.5 Å². The summed E-state index contributed by atoms with van der Waals surface area (Å²) >= 11 is 5.90. The zero-order valence-electron chi connectivity index (χ0n) is 12.4. The quantitative estimate of drug-likeness (QED) is 0.877. The van der Waals surface area contributed by atoms with Gasteiger partial charge in [0, 0.05) is 23.7 Å². The lowest BCUT2D eigenvalue weighted by Crippen LogP contribution is -2.31. The Morgan fingerprint density at radius 2 is 2.00 bits per heavy atom. The minimum Gasteiger partial charge on any atom is -0.339 e. The van der Waals surface area contributed by atoms with E-state index < -0.39 is 0 Å². The minimum absolute atomic E-state index is 0.0182. The normalized spacial score (nSPS) is 10.6. The maximum atomic E-state index is 12.6. The number of nitrogens with zero attached hydrogens (tertiary/aromatic N) is 2. The molecule has 0 atom stereocenters. The number of aromatic nitrogens is 2. The van der Waals surface area contributed by atoms with E-state index >= 15 is 0 Å². The lowest BCUT2D eigenvalue weighted by molar-refractivity contribution is 0.0763. The van der Waals surface area contributed by atoms with Crippen LogP contribution in [0.15, 0.2) is 30.5 Å². The van der Waals surface area contributed by atoms with Gasteiger partial charge >= 0.3 is 0 Å². The summed E-state index contributed by atoms with van der Waals surface area (Å²) in [6.45, 7) is 5.59. The fourth-order valence-corrected chi connectivity index (χ4v) is 2.33. The molecule has 0 fully saturated rings. The van der Waals surface area contributed by atoms with Gasteiger partial charge in [-0.15, -0.1) is 0 Å². The Balaban J connectivity index is 2.26. The number of H-pyrrole nitrogens is 1. The number of hydrogen-bond acceptors (Lipinski definition) is 2. The van der Waals surface area contributed by atoms with E-state index in [1.54, 1.807) is 18.3 Å². The number of hydrogen-bond donors (Lipinski definition) is 1. The van der Waals surface area contributed by atoms with Crippen LogP contribution >= 0.6 is 11.6 Å². The van der Waals surface area contributed by atoms with Crippen molar-refractivity contribution in [1.82, 2.24) is 15.1 Å². The Labute approximate surface area is 130 Å². The van der Waals surface area contributed by atoms with Crippen LogP contribution < -0.4 is 0 Å². The highest BCUT2D eigenvalue weighted by molar-refractivity contribution is 6.30. The molecule has 1 N–H and O–H groups in total. The van der Waals surface area contributed by atoms with E-state index in [0.717, 1.165) is 30.6 Å². The SMILES string of the molecule is CCCCN(CC)C(=O)c1cn[nH]c1-c1ccc(Cl)cc1. The third kappa shape index (κ3) is 3.64. The third-order valence-electron chi connectivity index (χ3n) is 3.45. The van der Waals surface area contributed by atoms with Crippen LogP contribution in [-0.4, -0.2) is 34.1 Å². The molecule has 0 saturated heterocycles. The number of halogens is 1. The highest BCUT2D eigenvalue weighted by Crippen LogP contribution is 2.24. The molecule has 0 spiro atoms. The van der Waals surface area contributed by atoms with Crippen molar-refractivity contribution >= 4 is 17.5 Å². The Morgan fingerprint density at radius 1 is 1.29 bits per heavy atom. The maximum absolute atomic E-state index is 12.6. The van der Waals surface area contributed by atoms with Gasteiger partial charge in [-0.25, -0.2) is 0 Å². The minimum atomic E-state index is 0.0182. The molecule has 1 aromatic heterocycles. The van der Waals surface area contributed by atoms with E-state index in [2.05, 4.69) is 17.1 Å². The average molecular weight is 306 g/mol. The van der Waals surface area contributed by atoms with Gasteiger partial charge in [0.2, 0.25) is 0 Å². The van der Waals surface area contributed by atoms with Crippen molar-refractivity contribution in [2.75, 3.05) is 13.1 Å². The molecule has 0 saturated carbocycles. The summed E-state index contributed by atoms with van der Waals surface area (Å²) in [5, 5.41) is 7.62. The van der Waals surface area contributed by atoms with Gasteiger partial charge < -0.3 is 4.90 Å². The Bertz CT molecular complexity index is 592. The molecule has 2 rings (SSSR count). The largest absolute Gasteiger partial charge is 0.339 e. The predicted molar refractivity (Wildman–Crippen MR) is 85.5 cm³/mol. The van der Waals surface area contributed by atoms with Crippen molar-refractivity contribution < 1.29 is 4.79 Å². The molecule has 0 aliphatic carbocycles. The van der Waals surface area contributed by atoms with Gasteiger partial charge in [0.15, 0.2) is 0 Å². The zero-order chi connectivity index (χ0) is 15.2. The van der Waals surface area contributed by atoms with Crippen LogP contribution in [0.4, 0.5) is 0 Å². The van der Waals surface area contributed by atoms with E-state index in [0.29, 0.717) is 17.1 Å². The summed E-state index contributed by atoms with van der Waals surface area (Å²) in [6, 6.07) is 7.38. The number of carbonyl (C=O) groups is 1. The molecule has 0 radical (unpaired) electrons. The molecule has 1 aromatic carbocycles. The number of amides is 1. The number of unbranched alkanes of at least 4 members (excludes halogenated alkanes) is 1. The lowest BCUT2D eigenvalue weighted by atomic mass is 10.1. The van der Waals surface area contributed by atoms with E-state index in [4.69, 9.17) is 11.6 Å². The smallest absolute Gasteiger partial charge is 0.257 e. The molecular formula is C16H20ClN3O. The molecule has 21 heavy (non-hydrogen) atoms. The molecule has 4 nitrogen and oxygen atoms in total. The van der Waals surface area contributed by atoms with Crippen molar-refractivity contribution in [1.29, 1.82) is 0 Å². The van der Waals surface area contributed by atoms with Gasteiger partial charge in [-0.3, -0.25) is 9.89 Å². The van der Waals surface area contributed by atoms with Crippen LogP contribution in [0, 0.1) is 0 Å². The van der Waals surface area contributed by atoms with Crippen LogP contribution in [0.25, 0.3) is 11.3 Å². The van der Waals surface area contributed by atoms with Gasteiger partial charge in [0.1, 0.15) is 0 Å². The average Bonchev–Trinajstić information content (AvgIpc) is 2.98. The first-order chi connectivity index (χ1) is 10.2. The van der Waals surface area contributed by atoms with Crippen LogP contribution in [0.1, 0.15) is 37.0 Å². The number of benzene rings is 1. The van der Waals surface area contributed by atoms with Crippen molar-refractivity contribution in [3.63, 3.8) is 0 Å². The summed E-state index contributed by atoms with van der Waals surface area (Å²) in [7, 11) is 0. The van der Waals surface area contributed by atoms with Gasteiger partial charge in [-0.2, -0.15) is 5.10 Å². The topological polar surface area (TPSA) is 49.0 Å². The molecule has 5 heteroatoms. The van der Waals surface area contributed by atoms with Crippen LogP contribution in [-0.2, 0) is 0 Å². The summed E-state index contributed by atoms with van der Waals surface area (Å²) in [4.78, 5) is 14.5. The molecule has 112 valence electrons. The number of aromatic amines is 1. The Morgan fingerprint density at radius 3 is 2.62 bits per heavy atom. The monoisotopic (exact) mass is 305 g/mol. The Hall–Kier alpha value is -1.81. The summed E-state index contributed by atoms with van der Waals surface area (Å²) in [5.41, 5.74) is 2.26. The van der Waals surface area contributed by atoms with E-state index in [1.165, 1.54) is 0 Å². The summed E-state index contributed by atoms with van der Waals surface area (Å²) in [6.07, 6.45) is 3.67. The van der Waals surface area contributed by atoms with Gasteiger partial charge in [0.05, 0.1) is 17.5 Å². The lowest BCUT2D eigenvalue weighted by Gasteiger charge is -2.20. The fourth-order valence-electron chi connectivity index (χ4n) is 2.21. The van der Waals surface area contributed by atoms with Crippen molar-refractivity contribution in [3.8, 4) is 11.3 Å². The highest BCUT2D eigenvalue weighted by Gasteiger charge is 2.19. The van der Waals surface area contributed by atoms with Crippen LogP contribution in [0.2, 0.25) is 5.02 Å². The highest BCUT2D eigenvalue weighted by atomic mass is 35.5. The first-order valence-corrected chi connectivity index (χ1v) is 7.63. The summed E-state index contributed by atoms with van der Waals surface area (Å²) in [5.74, 6) is 0.0182. The molecule has 2 aromatic rings. The first kappa shape index (κ1) is 15.6. The molecule has 0 aliphatic heterocycles. The second-order valence-electron chi connectivity index (χ2n) is 4.90. The van der Waals surface area contributed by atoms with E-state index in [-0.39, 0.29) is 5.91 Å². The maximum Gasteiger partial charge on any atom is 0.257 e. The van der Waals surface area contributed by atoms with Crippen LogP contribution in [0.5, 0.6) is 0 Å². The van der Waals surface area contributed by atoms with Crippen LogP contribution in [0.3, 0.4) is 0 Å². The second kappa shape index (κ2) is 7.27. The van der Waals surface area contributed by atoms with Crippen molar-refractivity contribution in [3.05, 3.63) is 41.0 Å². The number of nitrogens with one attached hydrogen (secondary N) is 1. The Kier molecular flexibility index (Phi) is 5.39. The first-order valence-electron chi connectivity index (χ1n) is 7.26. The van der Waals surface area contributed by atoms with Gasteiger partial charge in [0.25, 0.3) is 5.91 Å². The zero-order valence-corrected chi connectivity index (χ0v) is 13.2. The molecule has 1 amide bonds. The number of carbonyl (C=O) groups excluding carboxylic acids is 1. The molecular weight excluding hydrogens is 286 g/mol. The molecule has 1 heterocycles.